The smallest absolute Gasteiger partial charge is 0.274 e. The molecule has 0 radical (unpaired) electrons. The van der Waals surface area contributed by atoms with Crippen LogP contribution >= 0.6 is 0 Å². The maximum Gasteiger partial charge on any atom is 0.274 e. The summed E-state index contributed by atoms with van der Waals surface area (Å²) in [6.07, 6.45) is 0. The number of rotatable bonds is 10. The monoisotopic (exact) mass is 496 g/mol. The molecule has 0 saturated carbocycles. The zero-order valence-corrected chi connectivity index (χ0v) is 21.7. The summed E-state index contributed by atoms with van der Waals surface area (Å²) in [5.74, 6) is 0. The van der Waals surface area contributed by atoms with Gasteiger partial charge in [0, 0.05) is 12.1 Å². The number of hydrogen-bond acceptors (Lipinski definition) is 6. The molecular formula is C24H28N2O6Si2. The van der Waals surface area contributed by atoms with E-state index in [1.54, 1.807) is 36.4 Å². The van der Waals surface area contributed by atoms with Gasteiger partial charge in [-0.05, 0) is 48.7 Å². The minimum absolute atomic E-state index is 0.0613. The first-order valence-electron chi connectivity index (χ1n) is 10.8. The number of nitro benzene ring substituents is 2. The standard InChI is InChI=1S/C24H28N2O6Si2/c1-33(2,31-17-19-9-5-7-11-23(19)25(27)28)21-13-15-22(16-14-21)34(3,4)32-18-20-10-6-8-12-24(20)26(29)30/h5-16H,17-18H2,1-4H3. The molecule has 0 aliphatic rings. The van der Waals surface area contributed by atoms with Crippen molar-refractivity contribution < 1.29 is 18.7 Å². The van der Waals surface area contributed by atoms with Gasteiger partial charge in [0.2, 0.25) is 16.6 Å². The Kier molecular flexibility index (Phi) is 7.77. The molecule has 0 aromatic heterocycles. The normalized spacial score (nSPS) is 11.9. The highest BCUT2D eigenvalue weighted by Gasteiger charge is 2.30. The lowest BCUT2D eigenvalue weighted by Gasteiger charge is -2.26. The molecule has 3 rings (SSSR count). The second-order valence-electron chi connectivity index (χ2n) is 8.95. The Labute approximate surface area is 200 Å². The first-order valence-corrected chi connectivity index (χ1v) is 16.7. The maximum absolute atomic E-state index is 11.3. The average molecular weight is 497 g/mol. The minimum atomic E-state index is -2.32. The highest BCUT2D eigenvalue weighted by molar-refractivity contribution is 6.86. The fraction of sp³-hybridized carbons (Fsp3) is 0.250. The fourth-order valence-electron chi connectivity index (χ4n) is 3.58. The topological polar surface area (TPSA) is 105 Å². The number of nitro groups is 2. The second-order valence-corrected chi connectivity index (χ2v) is 16.7. The number of hydrogen-bond donors (Lipinski definition) is 0. The van der Waals surface area contributed by atoms with Crippen molar-refractivity contribution in [2.24, 2.45) is 0 Å². The summed E-state index contributed by atoms with van der Waals surface area (Å²) in [6.45, 7) is 8.60. The molecule has 3 aromatic rings. The van der Waals surface area contributed by atoms with Crippen LogP contribution in [-0.4, -0.2) is 26.5 Å². The van der Waals surface area contributed by atoms with Gasteiger partial charge in [0.05, 0.1) is 34.2 Å². The molecule has 0 atom stereocenters. The van der Waals surface area contributed by atoms with Gasteiger partial charge in [-0.1, -0.05) is 48.5 Å². The van der Waals surface area contributed by atoms with Crippen LogP contribution in [0.1, 0.15) is 11.1 Å². The van der Waals surface area contributed by atoms with E-state index in [0.717, 1.165) is 10.4 Å². The quantitative estimate of drug-likeness (QED) is 0.228. The number of nitrogens with zero attached hydrogens (tertiary/aromatic N) is 2. The third-order valence-corrected chi connectivity index (χ3v) is 11.0. The molecule has 0 aliphatic heterocycles. The Hall–Kier alpha value is -3.19. The zero-order chi connectivity index (χ0) is 24.9. The summed E-state index contributed by atoms with van der Waals surface area (Å²) < 4.78 is 12.4. The lowest BCUT2D eigenvalue weighted by Crippen LogP contribution is -2.48. The molecule has 34 heavy (non-hydrogen) atoms. The molecule has 0 N–H and O–H groups in total. The predicted molar refractivity (Wildman–Crippen MR) is 136 cm³/mol. The Morgan fingerprint density at radius 2 is 0.941 bits per heavy atom. The predicted octanol–water partition coefficient (Wildman–Crippen LogP) is 4.76. The van der Waals surface area contributed by atoms with E-state index >= 15 is 0 Å². The molecular weight excluding hydrogens is 468 g/mol. The number of benzene rings is 3. The molecule has 0 unspecified atom stereocenters. The van der Waals surface area contributed by atoms with Crippen LogP contribution in [0.4, 0.5) is 11.4 Å². The van der Waals surface area contributed by atoms with Crippen LogP contribution in [0.3, 0.4) is 0 Å². The van der Waals surface area contributed by atoms with E-state index in [-0.39, 0.29) is 24.6 Å². The van der Waals surface area contributed by atoms with Gasteiger partial charge in [-0.25, -0.2) is 0 Å². The molecule has 0 aliphatic carbocycles. The molecule has 0 bridgehead atoms. The van der Waals surface area contributed by atoms with E-state index in [1.807, 2.05) is 24.3 Å². The second kappa shape index (κ2) is 10.4. The van der Waals surface area contributed by atoms with Crippen LogP contribution in [0, 0.1) is 20.2 Å². The van der Waals surface area contributed by atoms with Crippen LogP contribution in [0.15, 0.2) is 72.8 Å². The summed E-state index contributed by atoms with van der Waals surface area (Å²) in [5.41, 5.74) is 1.24. The molecule has 0 saturated heterocycles. The van der Waals surface area contributed by atoms with Crippen molar-refractivity contribution in [3.05, 3.63) is 104 Å². The van der Waals surface area contributed by atoms with Gasteiger partial charge in [0.1, 0.15) is 0 Å². The molecule has 0 spiro atoms. The molecule has 0 fully saturated rings. The van der Waals surface area contributed by atoms with Crippen molar-refractivity contribution in [1.82, 2.24) is 0 Å². The van der Waals surface area contributed by atoms with E-state index in [1.165, 1.54) is 12.1 Å². The van der Waals surface area contributed by atoms with Crippen LogP contribution in [-0.2, 0) is 22.1 Å². The van der Waals surface area contributed by atoms with Gasteiger partial charge in [-0.15, -0.1) is 0 Å². The third kappa shape index (κ3) is 6.03. The Bertz CT molecular complexity index is 1090. The lowest BCUT2D eigenvalue weighted by molar-refractivity contribution is -0.386. The van der Waals surface area contributed by atoms with Crippen molar-refractivity contribution in [3.63, 3.8) is 0 Å². The first kappa shape index (κ1) is 25.4. The van der Waals surface area contributed by atoms with Gasteiger partial charge in [0.25, 0.3) is 11.4 Å². The van der Waals surface area contributed by atoms with Crippen molar-refractivity contribution in [3.8, 4) is 0 Å². The highest BCUT2D eigenvalue weighted by atomic mass is 28.4. The van der Waals surface area contributed by atoms with Crippen LogP contribution < -0.4 is 10.4 Å². The van der Waals surface area contributed by atoms with Crippen molar-refractivity contribution >= 4 is 38.4 Å². The van der Waals surface area contributed by atoms with Crippen LogP contribution in [0.25, 0.3) is 0 Å². The van der Waals surface area contributed by atoms with E-state index in [0.29, 0.717) is 11.1 Å². The van der Waals surface area contributed by atoms with Gasteiger partial charge in [-0.3, -0.25) is 20.2 Å². The molecule has 8 nitrogen and oxygen atoms in total. The molecule has 0 amide bonds. The van der Waals surface area contributed by atoms with E-state index < -0.39 is 26.5 Å². The van der Waals surface area contributed by atoms with Gasteiger partial charge >= 0.3 is 0 Å². The molecule has 0 heterocycles. The minimum Gasteiger partial charge on any atom is -0.408 e. The molecule has 3 aromatic carbocycles. The zero-order valence-electron chi connectivity index (χ0n) is 19.7. The summed E-state index contributed by atoms with van der Waals surface area (Å²) in [5, 5.41) is 24.7. The SMILES string of the molecule is C[Si](C)(OCc1ccccc1[N+](=O)[O-])c1ccc([Si](C)(C)OCc2ccccc2[N+](=O)[O-])cc1. The van der Waals surface area contributed by atoms with Gasteiger partial charge in [0.15, 0.2) is 0 Å². The first-order chi connectivity index (χ1) is 16.0. The van der Waals surface area contributed by atoms with Crippen molar-refractivity contribution in [1.29, 1.82) is 0 Å². The van der Waals surface area contributed by atoms with E-state index in [2.05, 4.69) is 26.2 Å². The summed E-state index contributed by atoms with van der Waals surface area (Å²) in [7, 11) is -4.63. The third-order valence-electron chi connectivity index (χ3n) is 5.83. The number of para-hydroxylation sites is 2. The van der Waals surface area contributed by atoms with Crippen LogP contribution in [0.2, 0.25) is 26.2 Å². The Balaban J connectivity index is 1.69. The highest BCUT2D eigenvalue weighted by Crippen LogP contribution is 2.22. The molecule has 10 heteroatoms. The Morgan fingerprint density at radius 3 is 1.26 bits per heavy atom. The summed E-state index contributed by atoms with van der Waals surface area (Å²) in [4.78, 5) is 21.7. The van der Waals surface area contributed by atoms with Crippen LogP contribution in [0.5, 0.6) is 0 Å². The average Bonchev–Trinajstić information content (AvgIpc) is 2.82. The molecule has 178 valence electrons. The maximum atomic E-state index is 11.3. The van der Waals surface area contributed by atoms with Gasteiger partial charge in [-0.2, -0.15) is 0 Å². The van der Waals surface area contributed by atoms with Gasteiger partial charge < -0.3 is 8.85 Å². The lowest BCUT2D eigenvalue weighted by atomic mass is 10.2. The summed E-state index contributed by atoms with van der Waals surface area (Å²) >= 11 is 0. The largest absolute Gasteiger partial charge is 0.408 e. The van der Waals surface area contributed by atoms with Crippen molar-refractivity contribution in [2.75, 3.05) is 0 Å². The van der Waals surface area contributed by atoms with Crippen molar-refractivity contribution in [2.45, 2.75) is 39.4 Å². The fourth-order valence-corrected chi connectivity index (χ4v) is 6.88. The van der Waals surface area contributed by atoms with E-state index in [4.69, 9.17) is 8.85 Å². The van der Waals surface area contributed by atoms with E-state index in [9.17, 15) is 20.2 Å². The summed E-state index contributed by atoms with van der Waals surface area (Å²) in [6, 6.07) is 21.4. The Morgan fingerprint density at radius 1 is 0.618 bits per heavy atom.